The summed E-state index contributed by atoms with van der Waals surface area (Å²) in [7, 11) is 0. The molecule has 14 rings (SSSR count). The van der Waals surface area contributed by atoms with E-state index in [1.165, 1.54) is 36.0 Å². The van der Waals surface area contributed by atoms with Crippen LogP contribution in [-0.2, 0) is 53.8 Å². The number of aliphatic hydroxyl groups excluding tert-OH is 2. The van der Waals surface area contributed by atoms with Crippen molar-refractivity contribution < 1.29 is 39.7 Å². The molecule has 5 aromatic carbocycles. The first-order valence-electron chi connectivity index (χ1n) is 29.1. The number of nitrogens with zero attached hydrogens (tertiary/aromatic N) is 1. The Morgan fingerprint density at radius 1 is 0.823 bits per heavy atom. The first kappa shape index (κ1) is 51.6. The molecule has 408 valence electrons. The van der Waals surface area contributed by atoms with Gasteiger partial charge in [0.2, 0.25) is 0 Å². The van der Waals surface area contributed by atoms with Crippen LogP contribution in [0.1, 0.15) is 133 Å². The molecule has 0 amide bonds. The van der Waals surface area contributed by atoms with Gasteiger partial charge < -0.3 is 55.4 Å². The molecule has 1 unspecified atom stereocenters. The quantitative estimate of drug-likeness (QED) is 0.0763. The summed E-state index contributed by atoms with van der Waals surface area (Å²) in [6.07, 6.45) is 22.8. The van der Waals surface area contributed by atoms with Gasteiger partial charge in [-0.1, -0.05) is 97.9 Å². The smallest absolute Gasteiger partial charge is 0.168 e. The first-order chi connectivity index (χ1) is 38.5. The van der Waals surface area contributed by atoms with Crippen LogP contribution in [0.2, 0.25) is 0 Å². The molecule has 1 aromatic heterocycles. The summed E-state index contributed by atoms with van der Waals surface area (Å²) in [5, 5.41) is 61.5. The van der Waals surface area contributed by atoms with E-state index < -0.39 is 12.3 Å². The van der Waals surface area contributed by atoms with Gasteiger partial charge in [-0.15, -0.1) is 0 Å². The van der Waals surface area contributed by atoms with E-state index in [4.69, 9.17) is 19.9 Å². The number of fused-ring (bicyclic) bond motifs is 6. The van der Waals surface area contributed by atoms with Crippen molar-refractivity contribution in [2.24, 2.45) is 23.5 Å². The summed E-state index contributed by atoms with van der Waals surface area (Å²) in [4.78, 5) is 0. The lowest BCUT2D eigenvalue weighted by Crippen LogP contribution is -2.59. The maximum absolute atomic E-state index is 12.2. The monoisotopic (exact) mass is 1060 g/mol. The van der Waals surface area contributed by atoms with Gasteiger partial charge in [-0.05, 0) is 157 Å². The van der Waals surface area contributed by atoms with Gasteiger partial charge in [-0.25, -0.2) is 0 Å². The summed E-state index contributed by atoms with van der Waals surface area (Å²) in [5.41, 5.74) is 18.3. The van der Waals surface area contributed by atoms with Crippen molar-refractivity contribution in [3.63, 3.8) is 0 Å². The van der Waals surface area contributed by atoms with Crippen molar-refractivity contribution in [1.29, 1.82) is 0 Å². The second-order valence-corrected chi connectivity index (χ2v) is 23.8. The number of ether oxygens (including phenoxy) is 3. The van der Waals surface area contributed by atoms with E-state index in [0.29, 0.717) is 37.2 Å². The van der Waals surface area contributed by atoms with E-state index in [0.717, 1.165) is 125 Å². The summed E-state index contributed by atoms with van der Waals surface area (Å²) in [6.45, 7) is 0.838. The highest BCUT2D eigenvalue weighted by Crippen LogP contribution is 2.60. The fourth-order valence-electron chi connectivity index (χ4n) is 15.2. The van der Waals surface area contributed by atoms with Gasteiger partial charge >= 0.3 is 0 Å². The van der Waals surface area contributed by atoms with Crippen LogP contribution in [0.5, 0.6) is 23.0 Å². The highest BCUT2D eigenvalue weighted by Gasteiger charge is 2.58. The maximum atomic E-state index is 12.2. The van der Waals surface area contributed by atoms with Gasteiger partial charge in [0.15, 0.2) is 11.5 Å². The Bertz CT molecular complexity index is 3480. The normalized spacial score (nSPS) is 26.2. The molecular formula is C68H73N3O8. The maximum Gasteiger partial charge on any atom is 0.168 e. The van der Waals surface area contributed by atoms with Crippen LogP contribution in [0, 0.1) is 29.6 Å². The van der Waals surface area contributed by atoms with Gasteiger partial charge in [-0.3, -0.25) is 0 Å². The summed E-state index contributed by atoms with van der Waals surface area (Å²) < 4.78 is 23.2. The third-order valence-corrected chi connectivity index (χ3v) is 19.1. The Labute approximate surface area is 463 Å². The molecule has 8 bridgehead atoms. The molecule has 7 atom stereocenters. The zero-order valence-corrected chi connectivity index (χ0v) is 45.1. The second kappa shape index (κ2) is 21.4. The number of nitrogens with two attached hydrogens (primary N) is 1. The minimum absolute atomic E-state index is 0.0277. The third kappa shape index (κ3) is 9.74. The second-order valence-electron chi connectivity index (χ2n) is 23.8. The summed E-state index contributed by atoms with van der Waals surface area (Å²) >= 11 is 0. The average molecular weight is 1060 g/mol. The lowest BCUT2D eigenvalue weighted by Gasteiger charge is -2.59. The standard InChI is InChI=1S/C68H73N3O8/c69-64-35-46-18-16-42(14-15-43-17-22-60(74)48(28-43)29-44-9-6-11-53(73)30-44)8-7-12-54-36-61(75)47-19-21-55-56(33-47)50(39-72)34-62(76)65(55)78-40-51-32-52(31-49-37-71(38-57(49)51)66(70-64)58(46)41-77-54)68-26-27-79-67(24-4-1-5-25-67)63(68)23-20-45-10-2-3-13-59(45)68/h2-3,6,9-11,13,17,19,21-22,28,30-32,34-35,37-38,42,47,54,61,63-64,70,72-76H,1,4-5,7-8,12,14-15,20,23-27,29,33,36,39-41,69H2/t42-,47-,54+,61+,63+,64?,68+/m1/s1. The van der Waals surface area contributed by atoms with E-state index in [1.54, 1.807) is 24.3 Å². The molecule has 8 N–H and O–H groups in total. The number of phenols is 3. The number of hydrogen-bond donors (Lipinski definition) is 7. The van der Waals surface area contributed by atoms with Crippen molar-refractivity contribution in [2.45, 2.75) is 145 Å². The Morgan fingerprint density at radius 3 is 2.58 bits per heavy atom. The molecule has 1 saturated carbocycles. The number of phenolic OH excluding ortho intramolecular Hbond substituents is 3. The zero-order chi connectivity index (χ0) is 53.8. The topological polar surface area (TPSA) is 172 Å². The highest BCUT2D eigenvalue weighted by molar-refractivity contribution is 5.89. The number of nitrogens with one attached hydrogen (secondary N) is 1. The summed E-state index contributed by atoms with van der Waals surface area (Å²) in [6, 6.07) is 28.5. The molecular weight excluding hydrogens is 987 g/mol. The molecule has 1 saturated heterocycles. The number of benzene rings is 5. The SMILES string of the molecule is NC1C=C2C#C[C@@H](CCc3ccc(O)c(Cc4cccc(O)c4)c3)CCC[C@H]3C[C@H](O)[C@@H]4C=Cc5c(c(CO)cc(O)c5OCc5cc([C@]67CCOC8(CCCCC8)[C@@H]6CCc6ccccc67)cc6cn(cc56)C(=C2CO3)N1)C4. The molecule has 79 heavy (non-hydrogen) atoms. The fourth-order valence-corrected chi connectivity index (χ4v) is 15.2. The van der Waals surface area contributed by atoms with Crippen molar-refractivity contribution in [2.75, 3.05) is 13.2 Å². The van der Waals surface area contributed by atoms with Gasteiger partial charge in [0.1, 0.15) is 23.9 Å². The molecule has 11 nitrogen and oxygen atoms in total. The van der Waals surface area contributed by atoms with Crippen molar-refractivity contribution >= 4 is 22.7 Å². The van der Waals surface area contributed by atoms with Crippen molar-refractivity contribution in [1.82, 2.24) is 9.88 Å². The molecule has 6 heterocycles. The summed E-state index contributed by atoms with van der Waals surface area (Å²) in [5.74, 6) is 9.01. The van der Waals surface area contributed by atoms with Crippen molar-refractivity contribution in [3.05, 3.63) is 176 Å². The van der Waals surface area contributed by atoms with Crippen molar-refractivity contribution in [3.8, 4) is 34.8 Å². The van der Waals surface area contributed by atoms with E-state index in [1.807, 2.05) is 36.4 Å². The van der Waals surface area contributed by atoms with E-state index in [9.17, 15) is 25.5 Å². The fraction of sp³-hybridized carbons (Fsp3) is 0.412. The number of aryl methyl sites for hydroxylation is 2. The van der Waals surface area contributed by atoms with Crippen LogP contribution in [0.3, 0.4) is 0 Å². The van der Waals surface area contributed by atoms with Gasteiger partial charge in [0.25, 0.3) is 0 Å². The van der Waals surface area contributed by atoms with E-state index in [2.05, 4.69) is 76.6 Å². The lowest BCUT2D eigenvalue weighted by molar-refractivity contribution is -0.166. The molecule has 3 aliphatic carbocycles. The molecule has 5 aliphatic heterocycles. The Morgan fingerprint density at radius 2 is 1.71 bits per heavy atom. The number of dihydropyridines is 1. The zero-order valence-electron chi connectivity index (χ0n) is 45.1. The molecule has 6 aromatic rings. The van der Waals surface area contributed by atoms with Crippen LogP contribution >= 0.6 is 0 Å². The predicted octanol–water partition coefficient (Wildman–Crippen LogP) is 11.1. The number of hydrogen-bond acceptors (Lipinski definition) is 10. The Hall–Kier alpha value is -6.78. The first-order valence-corrected chi connectivity index (χ1v) is 29.1. The minimum Gasteiger partial charge on any atom is -0.508 e. The minimum atomic E-state index is -0.756. The Kier molecular flexibility index (Phi) is 14.0. The van der Waals surface area contributed by atoms with E-state index >= 15 is 0 Å². The number of aliphatic hydroxyl groups is 2. The van der Waals surface area contributed by atoms with Gasteiger partial charge in [0, 0.05) is 82.5 Å². The highest BCUT2D eigenvalue weighted by atomic mass is 16.5. The lowest BCUT2D eigenvalue weighted by atomic mass is 9.51. The van der Waals surface area contributed by atoms with Crippen LogP contribution < -0.4 is 15.8 Å². The number of aromatic nitrogens is 1. The van der Waals surface area contributed by atoms with E-state index in [-0.39, 0.29) is 71.9 Å². The molecule has 2 fully saturated rings. The molecule has 1 spiro atoms. The van der Waals surface area contributed by atoms with Crippen LogP contribution in [-0.4, -0.2) is 67.3 Å². The Balaban J connectivity index is 0.937. The van der Waals surface area contributed by atoms with Crippen LogP contribution in [0.25, 0.3) is 22.7 Å². The average Bonchev–Trinajstić information content (AvgIpc) is 4.11. The van der Waals surface area contributed by atoms with Crippen LogP contribution in [0.15, 0.2) is 121 Å². The van der Waals surface area contributed by atoms with Gasteiger partial charge in [-0.2, -0.15) is 0 Å². The molecule has 8 aliphatic rings. The molecule has 0 radical (unpaired) electrons. The largest absolute Gasteiger partial charge is 0.508 e. The molecule has 11 heteroatoms. The number of aromatic hydroxyl groups is 3. The van der Waals surface area contributed by atoms with Crippen LogP contribution in [0.4, 0.5) is 0 Å². The third-order valence-electron chi connectivity index (χ3n) is 19.1. The predicted molar refractivity (Wildman–Crippen MR) is 307 cm³/mol. The number of rotatable bonds is 7. The van der Waals surface area contributed by atoms with Gasteiger partial charge in [0.05, 0.1) is 37.2 Å².